The molecule has 4 aromatic rings. The molecule has 2 aliphatic rings. The van der Waals surface area contributed by atoms with Gasteiger partial charge in [0, 0.05) is 32.0 Å². The van der Waals surface area contributed by atoms with E-state index in [0.717, 1.165) is 37.5 Å². The van der Waals surface area contributed by atoms with Crippen LogP contribution in [-0.4, -0.2) is 18.2 Å². The van der Waals surface area contributed by atoms with Crippen molar-refractivity contribution in [1.82, 2.24) is 4.98 Å². The third kappa shape index (κ3) is 3.77. The summed E-state index contributed by atoms with van der Waals surface area (Å²) in [5.41, 5.74) is 3.64. The van der Waals surface area contributed by atoms with E-state index < -0.39 is 11.7 Å². The van der Waals surface area contributed by atoms with Crippen LogP contribution in [-0.2, 0) is 15.7 Å². The SMILES string of the molecule is FC(F)(F)c1ccc2c(c1)Sc1ccccc1-c1sc(-c3ccc(C4OCCO4)cc3)nc1-2. The van der Waals surface area contributed by atoms with E-state index in [1.54, 1.807) is 11.3 Å². The second kappa shape index (κ2) is 7.99. The third-order valence-corrected chi connectivity index (χ3v) is 7.87. The first-order valence-corrected chi connectivity index (χ1v) is 11.9. The summed E-state index contributed by atoms with van der Waals surface area (Å²) < 4.78 is 51.3. The highest BCUT2D eigenvalue weighted by Crippen LogP contribution is 2.51. The smallest absolute Gasteiger partial charge is 0.346 e. The molecular weight excluding hydrogens is 467 g/mol. The number of thiazole rings is 1. The van der Waals surface area contributed by atoms with Crippen LogP contribution in [0, 0.1) is 0 Å². The Balaban J connectivity index is 1.47. The van der Waals surface area contributed by atoms with Crippen molar-refractivity contribution >= 4 is 23.1 Å². The molecule has 0 spiro atoms. The van der Waals surface area contributed by atoms with Gasteiger partial charge in [-0.15, -0.1) is 11.3 Å². The summed E-state index contributed by atoms with van der Waals surface area (Å²) in [5, 5.41) is 0.812. The lowest BCUT2D eigenvalue weighted by Gasteiger charge is -2.11. The Bertz CT molecular complexity index is 1340. The number of hydrogen-bond donors (Lipinski definition) is 0. The zero-order chi connectivity index (χ0) is 22.6. The highest BCUT2D eigenvalue weighted by Gasteiger charge is 2.33. The molecule has 3 heterocycles. The van der Waals surface area contributed by atoms with Gasteiger partial charge in [0.15, 0.2) is 6.29 Å². The van der Waals surface area contributed by atoms with E-state index in [4.69, 9.17) is 14.5 Å². The van der Waals surface area contributed by atoms with Gasteiger partial charge in [-0.3, -0.25) is 0 Å². The van der Waals surface area contributed by atoms with E-state index in [9.17, 15) is 13.2 Å². The van der Waals surface area contributed by atoms with Gasteiger partial charge in [-0.2, -0.15) is 13.2 Å². The summed E-state index contributed by atoms with van der Waals surface area (Å²) in [5.74, 6) is 0. The van der Waals surface area contributed by atoms with E-state index in [1.807, 2.05) is 48.5 Å². The van der Waals surface area contributed by atoms with Crippen molar-refractivity contribution in [2.75, 3.05) is 13.2 Å². The van der Waals surface area contributed by atoms with E-state index in [1.165, 1.54) is 23.9 Å². The number of benzene rings is 3. The average Bonchev–Trinajstić information content (AvgIpc) is 3.48. The fourth-order valence-corrected chi connectivity index (χ4v) is 6.30. The zero-order valence-corrected chi connectivity index (χ0v) is 18.7. The van der Waals surface area contributed by atoms with Crippen LogP contribution in [0.4, 0.5) is 13.2 Å². The molecule has 0 atom stereocenters. The number of hydrogen-bond acceptors (Lipinski definition) is 5. The van der Waals surface area contributed by atoms with Crippen LogP contribution in [0.15, 0.2) is 76.5 Å². The summed E-state index contributed by atoms with van der Waals surface area (Å²) in [6.07, 6.45) is -4.74. The summed E-state index contributed by atoms with van der Waals surface area (Å²) in [4.78, 5) is 7.33. The van der Waals surface area contributed by atoms with Gasteiger partial charge in [-0.25, -0.2) is 4.98 Å². The first-order chi connectivity index (χ1) is 16.0. The van der Waals surface area contributed by atoms with E-state index >= 15 is 0 Å². The normalized spacial score (nSPS) is 15.6. The van der Waals surface area contributed by atoms with Crippen molar-refractivity contribution in [3.05, 3.63) is 77.9 Å². The van der Waals surface area contributed by atoms with Gasteiger partial charge in [-0.05, 0) is 18.2 Å². The van der Waals surface area contributed by atoms with E-state index in [2.05, 4.69) is 0 Å². The maximum absolute atomic E-state index is 13.4. The van der Waals surface area contributed by atoms with Crippen molar-refractivity contribution in [2.24, 2.45) is 0 Å². The molecule has 0 radical (unpaired) electrons. The fraction of sp³-hybridized carbons (Fsp3) is 0.160. The van der Waals surface area contributed by atoms with Crippen molar-refractivity contribution < 1.29 is 22.6 Å². The Hall–Kier alpha value is -2.65. The number of fused-ring (bicyclic) bond motifs is 5. The van der Waals surface area contributed by atoms with Gasteiger partial charge in [-0.1, -0.05) is 60.3 Å². The quantitative estimate of drug-likeness (QED) is 0.258. The molecule has 33 heavy (non-hydrogen) atoms. The van der Waals surface area contributed by atoms with Crippen molar-refractivity contribution in [3.63, 3.8) is 0 Å². The summed E-state index contributed by atoms with van der Waals surface area (Å²) in [6.45, 7) is 1.16. The van der Waals surface area contributed by atoms with Crippen LogP contribution >= 0.6 is 23.1 Å². The predicted molar refractivity (Wildman–Crippen MR) is 122 cm³/mol. The average molecular weight is 484 g/mol. The molecule has 0 N–H and O–H groups in total. The van der Waals surface area contributed by atoms with Crippen molar-refractivity contribution in [3.8, 4) is 32.3 Å². The van der Waals surface area contributed by atoms with Gasteiger partial charge in [0.05, 0.1) is 29.3 Å². The van der Waals surface area contributed by atoms with E-state index in [-0.39, 0.29) is 6.29 Å². The second-order valence-electron chi connectivity index (χ2n) is 7.70. The molecule has 1 aromatic heterocycles. The van der Waals surface area contributed by atoms with Crippen molar-refractivity contribution in [1.29, 1.82) is 0 Å². The van der Waals surface area contributed by atoms with Gasteiger partial charge >= 0.3 is 6.18 Å². The number of ether oxygens (including phenoxy) is 2. The molecule has 0 aliphatic carbocycles. The highest BCUT2D eigenvalue weighted by atomic mass is 32.2. The molecule has 3 aromatic carbocycles. The topological polar surface area (TPSA) is 31.4 Å². The Kier molecular flexibility index (Phi) is 5.06. The maximum Gasteiger partial charge on any atom is 0.416 e. The Labute approximate surface area is 196 Å². The Morgan fingerprint density at radius 2 is 1.61 bits per heavy atom. The lowest BCUT2D eigenvalue weighted by Crippen LogP contribution is -2.04. The van der Waals surface area contributed by atoms with Crippen LogP contribution in [0.5, 0.6) is 0 Å². The van der Waals surface area contributed by atoms with Crippen LogP contribution in [0.25, 0.3) is 32.3 Å². The lowest BCUT2D eigenvalue weighted by atomic mass is 10.0. The van der Waals surface area contributed by atoms with Crippen LogP contribution in [0.3, 0.4) is 0 Å². The monoisotopic (exact) mass is 483 g/mol. The predicted octanol–water partition coefficient (Wildman–Crippen LogP) is 7.67. The fourth-order valence-electron chi connectivity index (χ4n) is 3.98. The molecule has 3 nitrogen and oxygen atoms in total. The summed E-state index contributed by atoms with van der Waals surface area (Å²) >= 11 is 2.90. The minimum absolute atomic E-state index is 0.342. The molecule has 166 valence electrons. The number of halogens is 3. The van der Waals surface area contributed by atoms with Crippen LogP contribution in [0.2, 0.25) is 0 Å². The second-order valence-corrected chi connectivity index (χ2v) is 9.78. The van der Waals surface area contributed by atoms with Crippen LogP contribution < -0.4 is 0 Å². The van der Waals surface area contributed by atoms with Crippen molar-refractivity contribution in [2.45, 2.75) is 22.3 Å². The van der Waals surface area contributed by atoms with Crippen LogP contribution in [0.1, 0.15) is 17.4 Å². The first kappa shape index (κ1) is 20.9. The van der Waals surface area contributed by atoms with E-state index in [0.29, 0.717) is 29.4 Å². The molecule has 0 unspecified atom stereocenters. The number of aromatic nitrogens is 1. The van der Waals surface area contributed by atoms with Gasteiger partial charge in [0.1, 0.15) is 5.01 Å². The number of nitrogens with zero attached hydrogens (tertiary/aromatic N) is 1. The molecule has 0 saturated carbocycles. The van der Waals surface area contributed by atoms with Gasteiger partial charge in [0.25, 0.3) is 0 Å². The Morgan fingerprint density at radius 3 is 2.36 bits per heavy atom. The lowest BCUT2D eigenvalue weighted by molar-refractivity contribution is -0.137. The third-order valence-electron chi connectivity index (χ3n) is 5.59. The molecule has 2 aliphatic heterocycles. The molecule has 8 heteroatoms. The first-order valence-electron chi connectivity index (χ1n) is 10.3. The van der Waals surface area contributed by atoms with Gasteiger partial charge in [0.2, 0.25) is 0 Å². The minimum Gasteiger partial charge on any atom is -0.346 e. The largest absolute Gasteiger partial charge is 0.416 e. The minimum atomic E-state index is -4.40. The molecule has 1 saturated heterocycles. The van der Waals surface area contributed by atoms with Gasteiger partial charge < -0.3 is 9.47 Å². The summed E-state index contributed by atoms with van der Waals surface area (Å²) in [6, 6.07) is 19.6. The molecule has 0 amide bonds. The molecule has 6 rings (SSSR count). The molecule has 1 fully saturated rings. The summed E-state index contributed by atoms with van der Waals surface area (Å²) in [7, 11) is 0. The zero-order valence-electron chi connectivity index (χ0n) is 17.1. The molecular formula is C25H16F3NO2S2. The molecule has 0 bridgehead atoms. The Morgan fingerprint density at radius 1 is 0.848 bits per heavy atom. The highest BCUT2D eigenvalue weighted by molar-refractivity contribution is 7.99. The standard InChI is InChI=1S/C25H16F3NO2S2/c26-25(27,28)16-9-10-17-20(13-16)32-19-4-2-1-3-18(19)22-21(17)29-23(33-22)14-5-7-15(8-6-14)24-30-11-12-31-24/h1-10,13,24H,11-12H2. The maximum atomic E-state index is 13.4. The number of rotatable bonds is 2. The number of alkyl halides is 3.